The lowest BCUT2D eigenvalue weighted by Gasteiger charge is -2.03. The summed E-state index contributed by atoms with van der Waals surface area (Å²) < 4.78 is 0. The number of aliphatic hydroxyl groups excluding tert-OH is 1. The van der Waals surface area contributed by atoms with Crippen molar-refractivity contribution in [2.45, 2.75) is 168 Å². The second kappa shape index (κ2) is 33.6. The molecule has 0 aromatic carbocycles. The van der Waals surface area contributed by atoms with Crippen LogP contribution in [0, 0.1) is 0 Å². The molecule has 0 amide bonds. The van der Waals surface area contributed by atoms with Crippen LogP contribution in [0.2, 0.25) is 0 Å². The smallest absolute Gasteiger partial charge is 0.303 e. The minimum Gasteiger partial charge on any atom is -0.481 e. The third-order valence-electron chi connectivity index (χ3n) is 6.31. The highest BCUT2D eigenvalue weighted by atomic mass is 16.4. The number of unbranched alkanes of at least 4 members (excludes halogenated alkanes) is 21. The van der Waals surface area contributed by atoms with Crippen molar-refractivity contribution in [2.75, 3.05) is 13.3 Å². The third kappa shape index (κ3) is 38.9. The van der Waals surface area contributed by atoms with Crippen molar-refractivity contribution in [1.29, 1.82) is 0 Å². The summed E-state index contributed by atoms with van der Waals surface area (Å²) in [6, 6.07) is 0. The third-order valence-corrected chi connectivity index (χ3v) is 6.31. The van der Waals surface area contributed by atoms with Gasteiger partial charge in [-0.25, -0.2) is 0 Å². The Morgan fingerprint density at radius 1 is 0.515 bits per heavy atom. The van der Waals surface area contributed by atoms with Crippen molar-refractivity contribution in [1.82, 2.24) is 5.32 Å². The van der Waals surface area contributed by atoms with Gasteiger partial charge in [0, 0.05) is 6.42 Å². The summed E-state index contributed by atoms with van der Waals surface area (Å²) in [4.78, 5) is 10.3. The van der Waals surface area contributed by atoms with Gasteiger partial charge in [0.15, 0.2) is 0 Å². The summed E-state index contributed by atoms with van der Waals surface area (Å²) in [7, 11) is 0. The molecule has 0 bridgehead atoms. The molecule has 0 atom stereocenters. The monoisotopic (exact) mass is 471 g/mol. The van der Waals surface area contributed by atoms with E-state index < -0.39 is 5.97 Å². The highest BCUT2D eigenvalue weighted by Crippen LogP contribution is 2.13. The average molecular weight is 472 g/mol. The molecule has 0 radical (unpaired) electrons. The Labute approximate surface area is 207 Å². The molecule has 4 nitrogen and oxygen atoms in total. The lowest BCUT2D eigenvalue weighted by molar-refractivity contribution is -0.137. The zero-order valence-electron chi connectivity index (χ0n) is 22.7. The summed E-state index contributed by atoms with van der Waals surface area (Å²) in [6.07, 6.45) is 31.0. The van der Waals surface area contributed by atoms with Gasteiger partial charge in [-0.15, -0.1) is 0 Å². The van der Waals surface area contributed by atoms with Gasteiger partial charge in [0.2, 0.25) is 0 Å². The molecule has 0 aliphatic rings. The van der Waals surface area contributed by atoms with Gasteiger partial charge >= 0.3 is 5.97 Å². The minimum atomic E-state index is -0.653. The van der Waals surface area contributed by atoms with E-state index in [4.69, 9.17) is 10.2 Å². The van der Waals surface area contributed by atoms with E-state index in [2.05, 4.69) is 19.2 Å². The Hall–Kier alpha value is -0.610. The SMILES string of the molecule is CCCCCCCCCCCCCCCCCC(=O)O.CCCCCCCCCCNCO. The number of hydrogen-bond acceptors (Lipinski definition) is 3. The van der Waals surface area contributed by atoms with E-state index in [9.17, 15) is 4.79 Å². The quantitative estimate of drug-likeness (QED) is 0.0869. The predicted octanol–water partition coefficient (Wildman–Crippen LogP) is 9.00. The molecule has 0 unspecified atom stereocenters. The number of carboxylic acids is 1. The lowest BCUT2D eigenvalue weighted by atomic mass is 10.0. The fourth-order valence-electron chi connectivity index (χ4n) is 4.11. The number of rotatable bonds is 26. The van der Waals surface area contributed by atoms with Gasteiger partial charge in [-0.1, -0.05) is 149 Å². The Balaban J connectivity index is 0. The first-order valence-corrected chi connectivity index (χ1v) is 14.7. The van der Waals surface area contributed by atoms with E-state index in [0.717, 1.165) is 19.4 Å². The summed E-state index contributed by atoms with van der Waals surface area (Å²) >= 11 is 0. The van der Waals surface area contributed by atoms with Gasteiger partial charge in [0.25, 0.3) is 0 Å². The number of nitrogens with one attached hydrogen (secondary N) is 1. The Bertz CT molecular complexity index is 340. The van der Waals surface area contributed by atoms with E-state index in [1.807, 2.05) is 0 Å². The number of hydrogen-bond donors (Lipinski definition) is 3. The molecule has 0 fully saturated rings. The second-order valence-corrected chi connectivity index (χ2v) is 9.73. The van der Waals surface area contributed by atoms with Crippen LogP contribution in [0.15, 0.2) is 0 Å². The molecule has 0 aliphatic carbocycles. The topological polar surface area (TPSA) is 69.6 Å². The maximum absolute atomic E-state index is 10.3. The van der Waals surface area contributed by atoms with Crippen LogP contribution >= 0.6 is 0 Å². The van der Waals surface area contributed by atoms with E-state index in [0.29, 0.717) is 6.42 Å². The van der Waals surface area contributed by atoms with Gasteiger partial charge in [-0.3, -0.25) is 10.1 Å². The molecule has 200 valence electrons. The van der Waals surface area contributed by atoms with Crippen molar-refractivity contribution in [3.63, 3.8) is 0 Å². The van der Waals surface area contributed by atoms with Gasteiger partial charge in [-0.2, -0.15) is 0 Å². The number of carboxylic acid groups (broad SMARTS) is 1. The lowest BCUT2D eigenvalue weighted by Crippen LogP contribution is -2.15. The first-order valence-electron chi connectivity index (χ1n) is 14.7. The summed E-state index contributed by atoms with van der Waals surface area (Å²) in [5.74, 6) is -0.653. The highest BCUT2D eigenvalue weighted by Gasteiger charge is 1.97. The van der Waals surface area contributed by atoms with Crippen molar-refractivity contribution in [3.05, 3.63) is 0 Å². The zero-order chi connectivity index (χ0) is 24.7. The van der Waals surface area contributed by atoms with Crippen molar-refractivity contribution < 1.29 is 15.0 Å². The predicted molar refractivity (Wildman–Crippen MR) is 145 cm³/mol. The Kier molecular flexibility index (Phi) is 35.1. The van der Waals surface area contributed by atoms with Gasteiger partial charge in [-0.05, 0) is 19.4 Å². The first kappa shape index (κ1) is 34.6. The highest BCUT2D eigenvalue weighted by molar-refractivity contribution is 5.66. The fourth-order valence-corrected chi connectivity index (χ4v) is 4.11. The van der Waals surface area contributed by atoms with Crippen LogP contribution in [-0.4, -0.2) is 29.5 Å². The van der Waals surface area contributed by atoms with Crippen LogP contribution in [-0.2, 0) is 4.79 Å². The summed E-state index contributed by atoms with van der Waals surface area (Å²) in [6.45, 7) is 5.61. The van der Waals surface area contributed by atoms with E-state index in [-0.39, 0.29) is 6.73 Å². The molecule has 4 heteroatoms. The standard InChI is InChI=1S/C18H36O2.C11H25NO/c1-2-3-4-5-6-7-8-9-10-11-12-13-14-15-16-17-18(19)20;1-2-3-4-5-6-7-8-9-10-12-11-13/h2-17H2,1H3,(H,19,20);12-13H,2-11H2,1H3. The molecule has 0 saturated carbocycles. The molecular formula is C29H61NO3. The average Bonchev–Trinajstić information content (AvgIpc) is 2.81. The molecule has 0 heterocycles. The van der Waals surface area contributed by atoms with Crippen molar-refractivity contribution in [3.8, 4) is 0 Å². The zero-order valence-corrected chi connectivity index (χ0v) is 22.7. The van der Waals surface area contributed by atoms with E-state index >= 15 is 0 Å². The molecular weight excluding hydrogens is 410 g/mol. The number of carbonyl (C=O) groups is 1. The van der Waals surface area contributed by atoms with Gasteiger partial charge < -0.3 is 10.2 Å². The maximum Gasteiger partial charge on any atom is 0.303 e. The van der Waals surface area contributed by atoms with Crippen LogP contribution in [0.3, 0.4) is 0 Å². The van der Waals surface area contributed by atoms with Crippen LogP contribution in [0.5, 0.6) is 0 Å². The van der Waals surface area contributed by atoms with Crippen molar-refractivity contribution in [2.24, 2.45) is 0 Å². The summed E-state index contributed by atoms with van der Waals surface area (Å²) in [5, 5.41) is 19.9. The van der Waals surface area contributed by atoms with Crippen molar-refractivity contribution >= 4 is 5.97 Å². The van der Waals surface area contributed by atoms with Gasteiger partial charge in [0.1, 0.15) is 0 Å². The van der Waals surface area contributed by atoms with Gasteiger partial charge in [0.05, 0.1) is 6.73 Å². The molecule has 0 saturated heterocycles. The van der Waals surface area contributed by atoms with Crippen LogP contribution in [0.4, 0.5) is 0 Å². The number of aliphatic carboxylic acids is 1. The minimum absolute atomic E-state index is 0.122. The van der Waals surface area contributed by atoms with Crippen LogP contribution < -0.4 is 5.32 Å². The van der Waals surface area contributed by atoms with E-state index in [1.54, 1.807) is 0 Å². The molecule has 33 heavy (non-hydrogen) atoms. The number of aliphatic hydroxyl groups is 1. The molecule has 0 rings (SSSR count). The first-order chi connectivity index (χ1) is 16.2. The van der Waals surface area contributed by atoms with Crippen LogP contribution in [0.25, 0.3) is 0 Å². The molecule has 0 aromatic heterocycles. The molecule has 3 N–H and O–H groups in total. The van der Waals surface area contributed by atoms with E-state index in [1.165, 1.54) is 135 Å². The second-order valence-electron chi connectivity index (χ2n) is 9.73. The Morgan fingerprint density at radius 2 is 0.818 bits per heavy atom. The summed E-state index contributed by atoms with van der Waals surface area (Å²) in [5.41, 5.74) is 0. The Morgan fingerprint density at radius 3 is 1.12 bits per heavy atom. The molecule has 0 aromatic rings. The molecule has 0 aliphatic heterocycles. The largest absolute Gasteiger partial charge is 0.481 e. The fraction of sp³-hybridized carbons (Fsp3) is 0.966. The maximum atomic E-state index is 10.3. The normalized spacial score (nSPS) is 10.8. The molecule has 0 spiro atoms. The van der Waals surface area contributed by atoms with Crippen LogP contribution in [0.1, 0.15) is 168 Å².